The molecule has 1 aromatic heterocycles. The van der Waals surface area contributed by atoms with Crippen molar-refractivity contribution >= 4 is 17.7 Å². The average molecular weight is 435 g/mol. The lowest BCUT2D eigenvalue weighted by molar-refractivity contribution is -0.122. The number of nitrogens with zero attached hydrogens (tertiary/aromatic N) is 4. The summed E-state index contributed by atoms with van der Waals surface area (Å²) in [6.07, 6.45) is 0.388. The number of Topliss-reactive ketones (excluding diaryl/α,β-unsaturated/α-hetero) is 1. The quantitative estimate of drug-likeness (QED) is 0.427. The summed E-state index contributed by atoms with van der Waals surface area (Å²) in [5.41, 5.74) is 13.0. The number of carbonyl (C=O) groups excluding carboxylic acids is 3. The molecule has 2 aromatic carbocycles. The fourth-order valence-corrected chi connectivity index (χ4v) is 3.16. The van der Waals surface area contributed by atoms with E-state index < -0.39 is 23.9 Å². The summed E-state index contributed by atoms with van der Waals surface area (Å²) in [5, 5.41) is 14.6. The molecule has 0 spiro atoms. The van der Waals surface area contributed by atoms with Gasteiger partial charge in [0, 0.05) is 13.0 Å². The first kappa shape index (κ1) is 22.8. The number of carbonyl (C=O) groups is 3. The van der Waals surface area contributed by atoms with E-state index in [0.29, 0.717) is 6.54 Å². The van der Waals surface area contributed by atoms with Gasteiger partial charge in [-0.2, -0.15) is 0 Å². The van der Waals surface area contributed by atoms with Crippen molar-refractivity contribution in [2.75, 3.05) is 0 Å². The normalized spacial score (nSPS) is 12.7. The Morgan fingerprint density at radius 2 is 1.59 bits per heavy atom. The van der Waals surface area contributed by atoms with E-state index in [0.717, 1.165) is 15.9 Å². The molecule has 10 nitrogen and oxygen atoms in total. The number of ketones is 1. The van der Waals surface area contributed by atoms with Crippen molar-refractivity contribution in [3.05, 3.63) is 77.6 Å². The fraction of sp³-hybridized carbons (Fsp3) is 0.273. The van der Waals surface area contributed by atoms with Crippen LogP contribution in [0.2, 0.25) is 0 Å². The molecule has 1 unspecified atom stereocenters. The highest BCUT2D eigenvalue weighted by Gasteiger charge is 2.30. The molecule has 0 aliphatic rings. The van der Waals surface area contributed by atoms with Crippen LogP contribution in [-0.4, -0.2) is 44.0 Å². The Labute approximate surface area is 185 Å². The molecule has 0 aliphatic heterocycles. The molecular weight excluding hydrogens is 410 g/mol. The van der Waals surface area contributed by atoms with Crippen LogP contribution in [0.4, 0.5) is 4.79 Å². The molecule has 166 valence electrons. The second kappa shape index (κ2) is 10.9. The molecule has 0 saturated heterocycles. The lowest BCUT2D eigenvalue weighted by Crippen LogP contribution is -2.37. The molecule has 0 bridgehead atoms. The molecule has 2 atom stereocenters. The fourth-order valence-electron chi connectivity index (χ4n) is 3.16. The average Bonchev–Trinajstić information content (AvgIpc) is 3.30. The predicted octanol–water partition coefficient (Wildman–Crippen LogP) is 0.919. The monoisotopic (exact) mass is 435 g/mol. The number of nitrogens with one attached hydrogen (secondary N) is 1. The van der Waals surface area contributed by atoms with Gasteiger partial charge in [0.1, 0.15) is 0 Å². The maximum atomic E-state index is 13.1. The summed E-state index contributed by atoms with van der Waals surface area (Å²) in [7, 11) is 0. The number of nitrogens with two attached hydrogens (primary N) is 2. The molecule has 10 heteroatoms. The number of rotatable bonds is 10. The number of benzene rings is 2. The molecule has 1 heterocycles. The number of amides is 2. The van der Waals surface area contributed by atoms with Gasteiger partial charge in [0.25, 0.3) is 0 Å². The maximum Gasteiger partial charge on any atom is 0.361 e. The van der Waals surface area contributed by atoms with Crippen molar-refractivity contribution in [3.63, 3.8) is 0 Å². The highest BCUT2D eigenvalue weighted by atomic mass is 16.2. The van der Waals surface area contributed by atoms with Gasteiger partial charge in [-0.05, 0) is 29.2 Å². The van der Waals surface area contributed by atoms with Gasteiger partial charge in [-0.3, -0.25) is 9.59 Å². The first-order valence-electron chi connectivity index (χ1n) is 10.2. The van der Waals surface area contributed by atoms with Crippen LogP contribution in [0.25, 0.3) is 0 Å². The van der Waals surface area contributed by atoms with Crippen molar-refractivity contribution in [3.8, 4) is 0 Å². The second-order valence-corrected chi connectivity index (χ2v) is 7.34. The Morgan fingerprint density at radius 1 is 0.969 bits per heavy atom. The Kier molecular flexibility index (Phi) is 7.76. The van der Waals surface area contributed by atoms with Crippen molar-refractivity contribution in [2.24, 2.45) is 11.5 Å². The zero-order valence-corrected chi connectivity index (χ0v) is 17.4. The van der Waals surface area contributed by atoms with Crippen LogP contribution in [0, 0.1) is 0 Å². The standard InChI is InChI=1S/C22H25N7O3/c23-18(11-12-19(24)30)20(31)17(13-15-7-3-1-4-8-15)21-26-28-29(27-21)22(32)25-14-16-9-5-2-6-10-16/h1-10,17-18H,11-14,23H2,(H2,24,30)(H,25,32)/t17?,18-/m0/s1. The van der Waals surface area contributed by atoms with Crippen molar-refractivity contribution in [1.82, 2.24) is 25.5 Å². The minimum absolute atomic E-state index is 0.00697. The van der Waals surface area contributed by atoms with Gasteiger partial charge in [-0.1, -0.05) is 65.5 Å². The first-order chi connectivity index (χ1) is 15.4. The van der Waals surface area contributed by atoms with E-state index in [4.69, 9.17) is 11.5 Å². The van der Waals surface area contributed by atoms with Crippen molar-refractivity contribution < 1.29 is 14.4 Å². The van der Waals surface area contributed by atoms with Crippen LogP contribution in [-0.2, 0) is 22.6 Å². The molecule has 3 aromatic rings. The zero-order chi connectivity index (χ0) is 22.9. The van der Waals surface area contributed by atoms with Crippen LogP contribution < -0.4 is 16.8 Å². The van der Waals surface area contributed by atoms with Crippen LogP contribution in [0.1, 0.15) is 35.7 Å². The van der Waals surface area contributed by atoms with Crippen molar-refractivity contribution in [1.29, 1.82) is 0 Å². The molecule has 5 N–H and O–H groups in total. The van der Waals surface area contributed by atoms with Gasteiger partial charge in [0.2, 0.25) is 5.91 Å². The van der Waals surface area contributed by atoms with E-state index in [9.17, 15) is 14.4 Å². The van der Waals surface area contributed by atoms with E-state index in [1.54, 1.807) is 0 Å². The lowest BCUT2D eigenvalue weighted by atomic mass is 9.89. The van der Waals surface area contributed by atoms with E-state index in [2.05, 4.69) is 20.7 Å². The Balaban J connectivity index is 1.75. The molecule has 0 aliphatic carbocycles. The molecule has 32 heavy (non-hydrogen) atoms. The Bertz CT molecular complexity index is 1050. The largest absolute Gasteiger partial charge is 0.370 e. The third kappa shape index (κ3) is 6.29. The van der Waals surface area contributed by atoms with Gasteiger partial charge in [0.05, 0.1) is 12.0 Å². The van der Waals surface area contributed by atoms with Gasteiger partial charge in [-0.25, -0.2) is 4.79 Å². The van der Waals surface area contributed by atoms with Gasteiger partial charge >= 0.3 is 6.03 Å². The Morgan fingerprint density at radius 3 is 2.22 bits per heavy atom. The summed E-state index contributed by atoms with van der Waals surface area (Å²) in [5.74, 6) is -1.62. The molecule has 0 fully saturated rings. The number of aromatic nitrogens is 4. The van der Waals surface area contributed by atoms with Crippen LogP contribution in [0.5, 0.6) is 0 Å². The lowest BCUT2D eigenvalue weighted by Gasteiger charge is -2.17. The molecule has 3 rings (SSSR count). The molecular formula is C22H25N7O3. The number of primary amides is 1. The summed E-state index contributed by atoms with van der Waals surface area (Å²) in [6.45, 7) is 0.293. The smallest absolute Gasteiger partial charge is 0.361 e. The third-order valence-corrected chi connectivity index (χ3v) is 4.90. The van der Waals surface area contributed by atoms with Gasteiger partial charge < -0.3 is 16.8 Å². The maximum absolute atomic E-state index is 13.1. The van der Waals surface area contributed by atoms with E-state index in [1.807, 2.05) is 60.7 Å². The summed E-state index contributed by atoms with van der Waals surface area (Å²) in [6, 6.07) is 17.2. The molecule has 0 saturated carbocycles. The van der Waals surface area contributed by atoms with E-state index >= 15 is 0 Å². The number of hydrogen-bond acceptors (Lipinski definition) is 7. The minimum Gasteiger partial charge on any atom is -0.370 e. The van der Waals surface area contributed by atoms with Gasteiger partial charge in [0.15, 0.2) is 11.6 Å². The van der Waals surface area contributed by atoms with E-state index in [1.165, 1.54) is 0 Å². The molecule has 2 amide bonds. The van der Waals surface area contributed by atoms with Crippen LogP contribution in [0.15, 0.2) is 60.7 Å². The van der Waals surface area contributed by atoms with Gasteiger partial charge in [-0.15, -0.1) is 10.2 Å². The highest BCUT2D eigenvalue weighted by molar-refractivity contribution is 5.90. The second-order valence-electron chi connectivity index (χ2n) is 7.34. The third-order valence-electron chi connectivity index (χ3n) is 4.90. The Hall–Kier alpha value is -3.92. The van der Waals surface area contributed by atoms with E-state index in [-0.39, 0.29) is 30.9 Å². The minimum atomic E-state index is -0.921. The zero-order valence-electron chi connectivity index (χ0n) is 17.4. The SMILES string of the molecule is NC(=O)CC[C@H](N)C(=O)C(Cc1ccccc1)c1nnn(C(=O)NCc2ccccc2)n1. The first-order valence-corrected chi connectivity index (χ1v) is 10.2. The highest BCUT2D eigenvalue weighted by Crippen LogP contribution is 2.21. The molecule has 0 radical (unpaired) electrons. The predicted molar refractivity (Wildman–Crippen MR) is 116 cm³/mol. The topological polar surface area (TPSA) is 159 Å². The van der Waals surface area contributed by atoms with Crippen LogP contribution in [0.3, 0.4) is 0 Å². The number of tetrazole rings is 1. The summed E-state index contributed by atoms with van der Waals surface area (Å²) >= 11 is 0. The summed E-state index contributed by atoms with van der Waals surface area (Å²) in [4.78, 5) is 37.4. The summed E-state index contributed by atoms with van der Waals surface area (Å²) < 4.78 is 0. The van der Waals surface area contributed by atoms with Crippen LogP contribution >= 0.6 is 0 Å². The number of hydrogen-bond donors (Lipinski definition) is 3. The van der Waals surface area contributed by atoms with Crippen molar-refractivity contribution in [2.45, 2.75) is 37.8 Å².